The van der Waals surface area contributed by atoms with Gasteiger partial charge in [-0.1, -0.05) is 56.2 Å². The highest BCUT2D eigenvalue weighted by molar-refractivity contribution is 7.52. The summed E-state index contributed by atoms with van der Waals surface area (Å²) in [7, 11) is -4.07. The number of para-hydroxylation sites is 2. The van der Waals surface area contributed by atoms with E-state index in [9.17, 15) is 9.36 Å². The van der Waals surface area contributed by atoms with Gasteiger partial charge in [-0.15, -0.1) is 0 Å². The van der Waals surface area contributed by atoms with Crippen LogP contribution in [0.5, 0.6) is 5.75 Å². The summed E-state index contributed by atoms with van der Waals surface area (Å²) in [6.07, 6.45) is 2.50. The van der Waals surface area contributed by atoms with E-state index >= 15 is 0 Å². The number of anilines is 1. The Morgan fingerprint density at radius 2 is 1.79 bits per heavy atom. The Morgan fingerprint density at radius 1 is 1.05 bits per heavy atom. The second-order valence-electron chi connectivity index (χ2n) is 9.84. The molecule has 0 saturated carbocycles. The third-order valence-electron chi connectivity index (χ3n) is 6.72. The fraction of sp³-hybridized carbons (Fsp3) is 0.433. The first-order chi connectivity index (χ1) is 20.3. The number of ether oxygens (including phenoxy) is 2. The number of nitrogens with two attached hydrogens (primary N) is 1. The molecule has 2 aromatic carbocycles. The van der Waals surface area contributed by atoms with Gasteiger partial charge in [0.05, 0.1) is 30.3 Å². The van der Waals surface area contributed by atoms with Crippen LogP contribution >= 0.6 is 7.75 Å². The van der Waals surface area contributed by atoms with Gasteiger partial charge in [0.2, 0.25) is 0 Å². The summed E-state index contributed by atoms with van der Waals surface area (Å²) in [6, 6.07) is 15.2. The number of carbonyl (C=O) groups excluding carboxylic acids is 1. The molecular formula is C30H40N5O6P. The van der Waals surface area contributed by atoms with Crippen molar-refractivity contribution in [1.82, 2.24) is 19.6 Å². The van der Waals surface area contributed by atoms with Crippen molar-refractivity contribution >= 4 is 41.5 Å². The van der Waals surface area contributed by atoms with E-state index in [-0.39, 0.29) is 25.9 Å². The van der Waals surface area contributed by atoms with E-state index < -0.39 is 19.8 Å². The molecule has 0 fully saturated rings. The van der Waals surface area contributed by atoms with E-state index in [1.807, 2.05) is 37.3 Å². The number of fused-ring (bicyclic) bond motifs is 3. The van der Waals surface area contributed by atoms with Crippen molar-refractivity contribution in [2.45, 2.75) is 65.6 Å². The first-order valence-corrected chi connectivity index (χ1v) is 15.9. The highest BCUT2D eigenvalue weighted by Gasteiger charge is 2.34. The summed E-state index contributed by atoms with van der Waals surface area (Å²) in [4.78, 5) is 21.8. The van der Waals surface area contributed by atoms with E-state index in [4.69, 9.17) is 29.2 Å². The molecule has 3 atom stereocenters. The molecule has 12 heteroatoms. The molecule has 0 spiro atoms. The number of nitrogen functional groups attached to an aromatic ring is 1. The molecule has 11 nitrogen and oxygen atoms in total. The smallest absolute Gasteiger partial charge is 0.459 e. The lowest BCUT2D eigenvalue weighted by Gasteiger charge is -2.27. The van der Waals surface area contributed by atoms with Gasteiger partial charge in [0, 0.05) is 12.0 Å². The fourth-order valence-corrected chi connectivity index (χ4v) is 6.26. The second kappa shape index (κ2) is 14.6. The number of imidazole rings is 1. The molecule has 0 aliphatic carbocycles. The third kappa shape index (κ3) is 7.46. The lowest BCUT2D eigenvalue weighted by molar-refractivity contribution is -0.144. The van der Waals surface area contributed by atoms with E-state index in [1.165, 1.54) is 0 Å². The van der Waals surface area contributed by atoms with Crippen LogP contribution in [0.4, 0.5) is 5.82 Å². The molecule has 0 unspecified atom stereocenters. The van der Waals surface area contributed by atoms with E-state index in [2.05, 4.69) is 21.6 Å². The Balaban J connectivity index is 1.77. The Labute approximate surface area is 246 Å². The van der Waals surface area contributed by atoms with Gasteiger partial charge in [-0.3, -0.25) is 9.32 Å². The molecule has 0 aliphatic rings. The van der Waals surface area contributed by atoms with Crippen LogP contribution in [0, 0.1) is 0 Å². The highest BCUT2D eigenvalue weighted by atomic mass is 31.2. The quantitative estimate of drug-likeness (QED) is 0.114. The molecule has 0 saturated heterocycles. The number of pyridine rings is 1. The molecule has 0 bridgehead atoms. The average molecular weight is 598 g/mol. The Morgan fingerprint density at radius 3 is 2.50 bits per heavy atom. The van der Waals surface area contributed by atoms with Crippen molar-refractivity contribution in [1.29, 1.82) is 0 Å². The summed E-state index contributed by atoms with van der Waals surface area (Å²) >= 11 is 0. The molecule has 3 N–H and O–H groups in total. The van der Waals surface area contributed by atoms with E-state index in [0.717, 1.165) is 29.3 Å². The zero-order chi connectivity index (χ0) is 30.1. The standard InChI is InChI=1S/C30H40N5O6P/c1-5-8-14-22(19-40-42(37,34-21(4)30(36)39-7-3)41-23-15-10-9-11-16-23)35-26(20-38-6-2)33-27-28(35)24-17-12-13-18-25(24)32-29(27)31/h9-13,15-18,21-22H,5-8,14,19-20H2,1-4H3,(H2,31,32)(H,34,37)/t21-,22-,42+/m0/s1. The number of hydrogen-bond donors (Lipinski definition) is 2. The second-order valence-corrected chi connectivity index (χ2v) is 11.5. The van der Waals surface area contributed by atoms with Gasteiger partial charge in [0.1, 0.15) is 29.7 Å². The monoisotopic (exact) mass is 597 g/mol. The van der Waals surface area contributed by atoms with Crippen molar-refractivity contribution in [3.63, 3.8) is 0 Å². The molecule has 226 valence electrons. The molecule has 4 rings (SSSR count). The van der Waals surface area contributed by atoms with Gasteiger partial charge in [0.25, 0.3) is 0 Å². The van der Waals surface area contributed by atoms with Crippen molar-refractivity contribution in [2.24, 2.45) is 0 Å². The minimum Gasteiger partial charge on any atom is -0.465 e. The topological polar surface area (TPSA) is 140 Å². The Hall–Kier alpha value is -3.50. The van der Waals surface area contributed by atoms with Crippen LogP contribution in [0.2, 0.25) is 0 Å². The summed E-state index contributed by atoms with van der Waals surface area (Å²) in [6.45, 7) is 8.23. The van der Waals surface area contributed by atoms with Crippen LogP contribution in [-0.4, -0.2) is 46.4 Å². The molecule has 4 aromatic rings. The lowest BCUT2D eigenvalue weighted by atomic mass is 10.1. The Kier molecular flexibility index (Phi) is 10.9. The number of nitrogens with one attached hydrogen (secondary N) is 1. The zero-order valence-corrected chi connectivity index (χ0v) is 25.5. The lowest BCUT2D eigenvalue weighted by Crippen LogP contribution is -2.35. The van der Waals surface area contributed by atoms with Crippen LogP contribution in [0.1, 0.15) is 58.8 Å². The van der Waals surface area contributed by atoms with Gasteiger partial charge < -0.3 is 24.3 Å². The SMILES string of the molecule is CCCC[C@@H](CO[P@](=O)(N[C@@H](C)C(=O)OCC)Oc1ccccc1)n1c(COCC)nc2c(N)nc3ccccc3c21. The molecule has 42 heavy (non-hydrogen) atoms. The minimum absolute atomic E-state index is 0.00615. The number of rotatable bonds is 16. The zero-order valence-electron chi connectivity index (χ0n) is 24.6. The maximum absolute atomic E-state index is 14.2. The Bertz CT molecular complexity index is 1530. The number of esters is 1. The predicted molar refractivity (Wildman–Crippen MR) is 163 cm³/mol. The maximum atomic E-state index is 14.2. The predicted octanol–water partition coefficient (Wildman–Crippen LogP) is 6.18. The molecule has 2 aromatic heterocycles. The van der Waals surface area contributed by atoms with Crippen LogP contribution in [0.25, 0.3) is 21.9 Å². The summed E-state index contributed by atoms with van der Waals surface area (Å²) in [5.74, 6) is 0.755. The molecule has 0 radical (unpaired) electrons. The third-order valence-corrected chi connectivity index (χ3v) is 8.36. The first kappa shape index (κ1) is 31.4. The van der Waals surface area contributed by atoms with Crippen LogP contribution in [0.15, 0.2) is 54.6 Å². The minimum atomic E-state index is -4.07. The number of unbranched alkanes of at least 4 members (excludes halogenated alkanes) is 1. The molecular weight excluding hydrogens is 557 g/mol. The van der Waals surface area contributed by atoms with Gasteiger partial charge in [-0.2, -0.15) is 5.09 Å². The summed E-state index contributed by atoms with van der Waals surface area (Å²) in [5, 5.41) is 3.65. The van der Waals surface area contributed by atoms with Crippen molar-refractivity contribution < 1.29 is 27.9 Å². The van der Waals surface area contributed by atoms with Gasteiger partial charge >= 0.3 is 13.7 Å². The van der Waals surface area contributed by atoms with Gasteiger partial charge in [0.15, 0.2) is 5.82 Å². The van der Waals surface area contributed by atoms with E-state index in [1.54, 1.807) is 38.1 Å². The van der Waals surface area contributed by atoms with Crippen LogP contribution in [-0.2, 0) is 30.0 Å². The number of aromatic nitrogens is 3. The average Bonchev–Trinajstić information content (AvgIpc) is 3.37. The normalized spacial score (nSPS) is 14.5. The highest BCUT2D eigenvalue weighted by Crippen LogP contribution is 2.46. The number of carbonyl (C=O) groups is 1. The summed E-state index contributed by atoms with van der Waals surface area (Å²) in [5.41, 5.74) is 8.51. The molecule has 0 amide bonds. The van der Waals surface area contributed by atoms with Crippen molar-refractivity contribution in [3.8, 4) is 5.75 Å². The summed E-state index contributed by atoms with van der Waals surface area (Å²) < 4.78 is 39.2. The maximum Gasteiger partial charge on any atom is 0.459 e. The number of hydrogen-bond acceptors (Lipinski definition) is 9. The number of benzene rings is 2. The van der Waals surface area contributed by atoms with E-state index in [0.29, 0.717) is 35.9 Å². The van der Waals surface area contributed by atoms with Crippen molar-refractivity contribution in [2.75, 3.05) is 25.6 Å². The molecule has 0 aliphatic heterocycles. The largest absolute Gasteiger partial charge is 0.465 e. The van der Waals surface area contributed by atoms with Crippen LogP contribution < -0.4 is 15.3 Å². The fourth-order valence-electron chi connectivity index (χ4n) is 4.74. The molecule has 2 heterocycles. The van der Waals surface area contributed by atoms with Gasteiger partial charge in [-0.05, 0) is 45.4 Å². The van der Waals surface area contributed by atoms with Crippen LogP contribution in [0.3, 0.4) is 0 Å². The first-order valence-electron chi connectivity index (χ1n) is 14.4. The van der Waals surface area contributed by atoms with Crippen molar-refractivity contribution in [3.05, 3.63) is 60.4 Å². The number of nitrogens with zero attached hydrogens (tertiary/aromatic N) is 3. The van der Waals surface area contributed by atoms with Gasteiger partial charge in [-0.25, -0.2) is 14.5 Å².